The molecular formula is C19H16N4O4. The molecule has 0 radical (unpaired) electrons. The third-order valence-electron chi connectivity index (χ3n) is 4.33. The summed E-state index contributed by atoms with van der Waals surface area (Å²) in [6, 6.07) is 12.9. The molecule has 1 N–H and O–H groups in total. The van der Waals surface area contributed by atoms with Crippen molar-refractivity contribution in [3.8, 4) is 23.0 Å². The van der Waals surface area contributed by atoms with Crippen LogP contribution in [0.3, 0.4) is 0 Å². The Morgan fingerprint density at radius 1 is 1.00 bits per heavy atom. The second kappa shape index (κ2) is 6.56. The average Bonchev–Trinajstić information content (AvgIpc) is 2.68. The minimum absolute atomic E-state index is 0.107. The normalized spacial score (nSPS) is 11.0. The molecule has 0 amide bonds. The molecule has 2 aliphatic rings. The Labute approximate surface area is 153 Å². The summed E-state index contributed by atoms with van der Waals surface area (Å²) in [6.07, 6.45) is 0. The molecule has 27 heavy (non-hydrogen) atoms. The van der Waals surface area contributed by atoms with Crippen LogP contribution in [0.4, 0.5) is 0 Å². The number of H-pyrrole nitrogens is 1. The third-order valence-corrected chi connectivity index (χ3v) is 4.33. The molecule has 2 aliphatic heterocycles. The van der Waals surface area contributed by atoms with E-state index in [0.717, 1.165) is 11.1 Å². The number of hydrogen-bond donors (Lipinski definition) is 1. The lowest BCUT2D eigenvalue weighted by Gasteiger charge is -2.18. The molecule has 2 heterocycles. The number of rotatable bonds is 4. The zero-order chi connectivity index (χ0) is 19.0. The van der Waals surface area contributed by atoms with Crippen molar-refractivity contribution in [2.75, 3.05) is 14.2 Å². The first-order chi connectivity index (χ1) is 13.1. The highest BCUT2D eigenvalue weighted by atomic mass is 16.5. The van der Waals surface area contributed by atoms with Gasteiger partial charge in [0.25, 0.3) is 5.56 Å². The minimum atomic E-state index is -0.712. The van der Waals surface area contributed by atoms with Crippen molar-refractivity contribution in [2.45, 2.75) is 6.54 Å². The molecule has 2 aromatic carbocycles. The molecule has 8 nitrogen and oxygen atoms in total. The van der Waals surface area contributed by atoms with Crippen molar-refractivity contribution in [3.05, 3.63) is 68.9 Å². The summed E-state index contributed by atoms with van der Waals surface area (Å²) in [4.78, 5) is 34.6. The fourth-order valence-corrected chi connectivity index (χ4v) is 3.15. The summed E-state index contributed by atoms with van der Waals surface area (Å²) in [5.41, 5.74) is 1.01. The van der Waals surface area contributed by atoms with Crippen LogP contribution >= 0.6 is 0 Å². The maximum Gasteiger partial charge on any atom is 0.349 e. The Balaban J connectivity index is 2.03. The van der Waals surface area contributed by atoms with Gasteiger partial charge in [-0.1, -0.05) is 24.3 Å². The molecule has 4 rings (SSSR count). The van der Waals surface area contributed by atoms with Crippen LogP contribution in [0.2, 0.25) is 0 Å². The zero-order valence-electron chi connectivity index (χ0n) is 14.7. The van der Waals surface area contributed by atoms with Crippen LogP contribution in [-0.2, 0) is 6.54 Å². The molecule has 0 saturated carbocycles. The van der Waals surface area contributed by atoms with E-state index in [9.17, 15) is 9.59 Å². The van der Waals surface area contributed by atoms with Gasteiger partial charge in [0, 0.05) is 5.56 Å². The molecule has 2 aromatic rings. The summed E-state index contributed by atoms with van der Waals surface area (Å²) in [6.45, 7) is 0.315. The largest absolute Gasteiger partial charge is 0.493 e. The minimum Gasteiger partial charge on any atom is -0.493 e. The van der Waals surface area contributed by atoms with Gasteiger partial charge in [-0.3, -0.25) is 9.78 Å². The second-order valence-corrected chi connectivity index (χ2v) is 5.88. The van der Waals surface area contributed by atoms with Gasteiger partial charge in [-0.15, -0.1) is 0 Å². The quantitative estimate of drug-likeness (QED) is 0.553. The highest BCUT2D eigenvalue weighted by Gasteiger charge is 2.20. The van der Waals surface area contributed by atoms with Gasteiger partial charge in [-0.2, -0.15) is 4.98 Å². The number of fused-ring (bicyclic) bond motifs is 2. The van der Waals surface area contributed by atoms with Crippen LogP contribution < -0.4 is 20.7 Å². The summed E-state index contributed by atoms with van der Waals surface area (Å²) >= 11 is 0. The number of nitrogens with one attached hydrogen (secondary N) is 1. The molecule has 0 saturated heterocycles. The topological polar surface area (TPSA) is 99.1 Å². The Hall–Kier alpha value is -3.68. The molecule has 8 heteroatoms. The van der Waals surface area contributed by atoms with E-state index in [4.69, 9.17) is 9.47 Å². The van der Waals surface area contributed by atoms with Crippen LogP contribution in [-0.4, -0.2) is 33.7 Å². The number of nitrogens with zero attached hydrogens (tertiary/aromatic N) is 3. The van der Waals surface area contributed by atoms with Gasteiger partial charge in [-0.05, 0) is 18.2 Å². The maximum absolute atomic E-state index is 12.3. The van der Waals surface area contributed by atoms with Crippen LogP contribution in [0.15, 0.2) is 52.1 Å². The lowest BCUT2D eigenvalue weighted by Crippen LogP contribution is -2.29. The summed E-state index contributed by atoms with van der Waals surface area (Å²) < 4.78 is 12.7. The van der Waals surface area contributed by atoms with E-state index in [1.165, 1.54) is 0 Å². The van der Waals surface area contributed by atoms with Crippen molar-refractivity contribution in [1.82, 2.24) is 19.5 Å². The van der Waals surface area contributed by atoms with Crippen molar-refractivity contribution < 1.29 is 9.47 Å². The molecule has 0 fully saturated rings. The maximum atomic E-state index is 12.3. The van der Waals surface area contributed by atoms with Crippen molar-refractivity contribution in [3.63, 3.8) is 0 Å². The first-order valence-electron chi connectivity index (χ1n) is 8.22. The van der Waals surface area contributed by atoms with Gasteiger partial charge in [-0.25, -0.2) is 9.78 Å². The summed E-state index contributed by atoms with van der Waals surface area (Å²) in [7, 11) is 3.13. The van der Waals surface area contributed by atoms with E-state index in [-0.39, 0.29) is 11.5 Å². The fraction of sp³-hybridized carbons (Fsp3) is 0.158. The first kappa shape index (κ1) is 16.8. The van der Waals surface area contributed by atoms with E-state index in [0.29, 0.717) is 23.6 Å². The number of ether oxygens (including phenoxy) is 2. The van der Waals surface area contributed by atoms with E-state index < -0.39 is 11.2 Å². The monoisotopic (exact) mass is 364 g/mol. The molecular weight excluding hydrogens is 348 g/mol. The van der Waals surface area contributed by atoms with Gasteiger partial charge >= 0.3 is 5.69 Å². The molecule has 136 valence electrons. The van der Waals surface area contributed by atoms with E-state index in [1.807, 2.05) is 30.3 Å². The van der Waals surface area contributed by atoms with Gasteiger partial charge in [0.05, 0.1) is 31.8 Å². The van der Waals surface area contributed by atoms with Crippen LogP contribution in [0.25, 0.3) is 22.6 Å². The lowest BCUT2D eigenvalue weighted by molar-refractivity contribution is 0.351. The van der Waals surface area contributed by atoms with E-state index in [2.05, 4.69) is 15.0 Å². The number of benzene rings is 2. The number of aromatic amines is 1. The molecule has 0 bridgehead atoms. The Morgan fingerprint density at radius 3 is 2.59 bits per heavy atom. The van der Waals surface area contributed by atoms with Crippen LogP contribution in [0, 0.1) is 0 Å². The fourth-order valence-electron chi connectivity index (χ4n) is 3.15. The molecule has 0 aromatic heterocycles. The summed E-state index contributed by atoms with van der Waals surface area (Å²) in [5.74, 6) is 1.38. The Kier molecular flexibility index (Phi) is 4.08. The summed E-state index contributed by atoms with van der Waals surface area (Å²) in [5, 5.41) is 0. The van der Waals surface area contributed by atoms with E-state index >= 15 is 0 Å². The first-order valence-corrected chi connectivity index (χ1v) is 8.22. The Bertz CT molecular complexity index is 1230. The predicted octanol–water partition coefficient (Wildman–Crippen LogP) is 1.65. The Morgan fingerprint density at radius 2 is 1.81 bits per heavy atom. The average molecular weight is 364 g/mol. The van der Waals surface area contributed by atoms with Crippen molar-refractivity contribution in [2.24, 2.45) is 0 Å². The molecule has 0 atom stereocenters. The third kappa shape index (κ3) is 2.80. The van der Waals surface area contributed by atoms with Crippen LogP contribution in [0.5, 0.6) is 11.5 Å². The van der Waals surface area contributed by atoms with Gasteiger partial charge in [0.1, 0.15) is 0 Å². The number of methoxy groups -OCH3 is 2. The molecule has 0 spiro atoms. The van der Waals surface area contributed by atoms with Gasteiger partial charge < -0.3 is 14.0 Å². The molecule has 0 unspecified atom stereocenters. The highest BCUT2D eigenvalue weighted by Crippen LogP contribution is 2.32. The standard InChI is InChI=1S/C19H16N4O4/c1-26-14-9-5-6-11(16(14)27-2)10-23-13-8-4-3-7-12(13)20-15-17(23)21-19(25)22-18(15)24/h3-9H,10H2,1-2H3,(H,22,24,25). The van der Waals surface area contributed by atoms with Gasteiger partial charge in [0.15, 0.2) is 23.0 Å². The highest BCUT2D eigenvalue weighted by molar-refractivity contribution is 5.79. The van der Waals surface area contributed by atoms with E-state index in [1.54, 1.807) is 30.9 Å². The van der Waals surface area contributed by atoms with Crippen molar-refractivity contribution in [1.29, 1.82) is 0 Å². The number of hydrogen-bond acceptors (Lipinski definition) is 6. The smallest absolute Gasteiger partial charge is 0.349 e. The lowest BCUT2D eigenvalue weighted by atomic mass is 10.1. The second-order valence-electron chi connectivity index (χ2n) is 5.88. The number of aromatic nitrogens is 4. The van der Waals surface area contributed by atoms with Gasteiger partial charge in [0.2, 0.25) is 0 Å². The van der Waals surface area contributed by atoms with Crippen LogP contribution in [0.1, 0.15) is 5.56 Å². The molecule has 0 aliphatic carbocycles. The van der Waals surface area contributed by atoms with Crippen molar-refractivity contribution >= 4 is 11.0 Å². The predicted molar refractivity (Wildman–Crippen MR) is 99.7 cm³/mol. The zero-order valence-corrected chi connectivity index (χ0v) is 14.7. The SMILES string of the molecule is COc1cccc(Cn2c3nc(=O)[nH]c(=O)c-3nc3ccccc32)c1OC. The number of para-hydroxylation sites is 3.